The topological polar surface area (TPSA) is 78.9 Å². The monoisotopic (exact) mass is 913 g/mol. The third-order valence-corrected chi connectivity index (χ3v) is 12.6. The van der Waals surface area contributed by atoms with E-state index in [9.17, 15) is 14.4 Å². The minimum atomic E-state index is -0.773. The lowest BCUT2D eigenvalue weighted by Crippen LogP contribution is -2.30. The highest BCUT2D eigenvalue weighted by Gasteiger charge is 2.19. The number of allylic oxidation sites excluding steroid dienone is 6. The summed E-state index contributed by atoms with van der Waals surface area (Å²) >= 11 is 0. The van der Waals surface area contributed by atoms with Gasteiger partial charge in [0.25, 0.3) is 0 Å². The molecule has 0 rings (SSSR count). The van der Waals surface area contributed by atoms with Gasteiger partial charge in [-0.15, -0.1) is 0 Å². The molecule has 0 spiro atoms. The molecule has 0 amide bonds. The number of ether oxygens (including phenoxy) is 3. The van der Waals surface area contributed by atoms with E-state index in [1.165, 1.54) is 193 Å². The number of esters is 3. The molecule has 0 saturated carbocycles. The van der Waals surface area contributed by atoms with E-state index >= 15 is 0 Å². The van der Waals surface area contributed by atoms with Gasteiger partial charge in [-0.3, -0.25) is 14.4 Å². The van der Waals surface area contributed by atoms with Crippen LogP contribution in [0.2, 0.25) is 0 Å². The zero-order valence-corrected chi connectivity index (χ0v) is 43.5. The fourth-order valence-electron chi connectivity index (χ4n) is 8.29. The van der Waals surface area contributed by atoms with E-state index in [1.807, 2.05) is 0 Å². The maximum absolute atomic E-state index is 12.8. The van der Waals surface area contributed by atoms with Crippen molar-refractivity contribution >= 4 is 17.9 Å². The lowest BCUT2D eigenvalue weighted by Gasteiger charge is -2.18. The van der Waals surface area contributed by atoms with Gasteiger partial charge >= 0.3 is 17.9 Å². The van der Waals surface area contributed by atoms with Crippen LogP contribution in [0.5, 0.6) is 0 Å². The average Bonchev–Trinajstić information content (AvgIpc) is 3.30. The highest BCUT2D eigenvalue weighted by Crippen LogP contribution is 2.16. The second-order valence-corrected chi connectivity index (χ2v) is 19.2. The molecule has 0 aromatic carbocycles. The summed E-state index contributed by atoms with van der Waals surface area (Å²) in [6.45, 7) is 6.62. The van der Waals surface area contributed by atoms with E-state index in [2.05, 4.69) is 57.2 Å². The van der Waals surface area contributed by atoms with Crippen molar-refractivity contribution in [1.82, 2.24) is 0 Å². The lowest BCUT2D eigenvalue weighted by molar-refractivity contribution is -0.167. The van der Waals surface area contributed by atoms with E-state index < -0.39 is 6.10 Å². The van der Waals surface area contributed by atoms with Crippen LogP contribution < -0.4 is 0 Å². The zero-order chi connectivity index (χ0) is 47.2. The Labute approximate surface area is 404 Å². The Morgan fingerprint density at radius 3 is 0.877 bits per heavy atom. The molecule has 0 saturated heterocycles. The Hall–Kier alpha value is -2.37. The molecule has 0 aromatic rings. The fourth-order valence-corrected chi connectivity index (χ4v) is 8.29. The fraction of sp³-hybridized carbons (Fsp3) is 0.847. The molecule has 65 heavy (non-hydrogen) atoms. The van der Waals surface area contributed by atoms with Crippen LogP contribution in [-0.4, -0.2) is 37.2 Å². The quantitative estimate of drug-likeness (QED) is 0.0262. The Morgan fingerprint density at radius 2 is 0.554 bits per heavy atom. The Balaban J connectivity index is 4.22. The third kappa shape index (κ3) is 52.5. The van der Waals surface area contributed by atoms with Gasteiger partial charge < -0.3 is 14.2 Å². The number of carbonyl (C=O) groups excluding carboxylic acids is 3. The predicted molar refractivity (Wildman–Crippen MR) is 279 cm³/mol. The summed E-state index contributed by atoms with van der Waals surface area (Å²) in [5.41, 5.74) is 0. The van der Waals surface area contributed by atoms with Crippen LogP contribution in [-0.2, 0) is 28.6 Å². The number of hydrogen-bond acceptors (Lipinski definition) is 6. The second kappa shape index (κ2) is 54.2. The molecule has 1 unspecified atom stereocenters. The molecule has 0 aromatic heterocycles. The van der Waals surface area contributed by atoms with Gasteiger partial charge in [0.1, 0.15) is 13.2 Å². The highest BCUT2D eigenvalue weighted by atomic mass is 16.6. The first-order valence-electron chi connectivity index (χ1n) is 28.5. The second-order valence-electron chi connectivity index (χ2n) is 19.2. The molecule has 0 radical (unpaired) electrons. The Kier molecular flexibility index (Phi) is 52.3. The van der Waals surface area contributed by atoms with Crippen LogP contribution >= 0.6 is 0 Å². The lowest BCUT2D eigenvalue weighted by atomic mass is 10.1. The van der Waals surface area contributed by atoms with Crippen molar-refractivity contribution in [3.8, 4) is 0 Å². The van der Waals surface area contributed by atoms with Gasteiger partial charge in [-0.05, 0) is 77.0 Å². The Bertz CT molecular complexity index is 1090. The summed E-state index contributed by atoms with van der Waals surface area (Å²) in [5.74, 6) is -0.874. The number of unbranched alkanes of at least 4 members (excludes halogenated alkanes) is 35. The van der Waals surface area contributed by atoms with Crippen LogP contribution in [0.15, 0.2) is 36.5 Å². The molecule has 0 aliphatic carbocycles. The van der Waals surface area contributed by atoms with Gasteiger partial charge in [-0.2, -0.15) is 0 Å². The first-order chi connectivity index (χ1) is 32.0. The minimum Gasteiger partial charge on any atom is -0.462 e. The molecule has 0 aliphatic rings. The largest absolute Gasteiger partial charge is 0.462 e. The number of rotatable bonds is 52. The summed E-state index contributed by atoms with van der Waals surface area (Å²) in [6, 6.07) is 0. The van der Waals surface area contributed by atoms with Gasteiger partial charge in [-0.25, -0.2) is 0 Å². The first-order valence-corrected chi connectivity index (χ1v) is 28.5. The molecule has 0 aliphatic heterocycles. The molecular weight excluding hydrogens is 805 g/mol. The maximum Gasteiger partial charge on any atom is 0.306 e. The third-order valence-electron chi connectivity index (χ3n) is 12.6. The van der Waals surface area contributed by atoms with E-state index in [1.54, 1.807) is 0 Å². The van der Waals surface area contributed by atoms with Crippen molar-refractivity contribution in [2.24, 2.45) is 0 Å². The maximum atomic E-state index is 12.8. The SMILES string of the molecule is CCCCCC/C=C\C/C=C\CCCCCCCCCC(=O)OC(COC(=O)CCCCCCCCCC)COC(=O)CCCCCCCCCCC/C=C\CCCCCCCCCC. The van der Waals surface area contributed by atoms with Crippen LogP contribution in [0.4, 0.5) is 0 Å². The zero-order valence-electron chi connectivity index (χ0n) is 43.5. The highest BCUT2D eigenvalue weighted by molar-refractivity contribution is 5.71. The standard InChI is InChI=1S/C59H108O6/c1-4-7-10-13-16-19-21-23-25-27-29-30-31-33-34-36-38-40-43-46-49-52-58(61)64-55-56(54-63-57(60)51-48-45-42-18-15-12-9-6-3)65-59(62)53-50-47-44-41-39-37-35-32-28-26-24-22-20-17-14-11-8-5-2/h20,22,26-29,56H,4-19,21,23-25,30-55H2,1-3H3/b22-20-,28-26-,29-27-. The summed E-state index contributed by atoms with van der Waals surface area (Å²) < 4.78 is 16.8. The molecule has 6 heteroatoms. The predicted octanol–water partition coefficient (Wildman–Crippen LogP) is 18.9. The number of carbonyl (C=O) groups is 3. The van der Waals surface area contributed by atoms with Crippen LogP contribution in [0.3, 0.4) is 0 Å². The molecule has 380 valence electrons. The molecule has 1 atom stereocenters. The normalized spacial score (nSPS) is 12.2. The van der Waals surface area contributed by atoms with Crippen molar-refractivity contribution in [2.75, 3.05) is 13.2 Å². The molecule has 0 N–H and O–H groups in total. The smallest absolute Gasteiger partial charge is 0.306 e. The van der Waals surface area contributed by atoms with Gasteiger partial charge in [0.15, 0.2) is 6.10 Å². The molecule has 0 fully saturated rings. The van der Waals surface area contributed by atoms with Crippen molar-refractivity contribution in [2.45, 2.75) is 309 Å². The van der Waals surface area contributed by atoms with Crippen LogP contribution in [0, 0.1) is 0 Å². The van der Waals surface area contributed by atoms with Gasteiger partial charge in [0.05, 0.1) is 0 Å². The Morgan fingerprint density at radius 1 is 0.308 bits per heavy atom. The van der Waals surface area contributed by atoms with E-state index in [-0.39, 0.29) is 31.1 Å². The van der Waals surface area contributed by atoms with E-state index in [0.29, 0.717) is 19.3 Å². The summed E-state index contributed by atoms with van der Waals surface area (Å²) in [4.78, 5) is 38.0. The summed E-state index contributed by atoms with van der Waals surface area (Å²) in [5, 5.41) is 0. The van der Waals surface area contributed by atoms with E-state index in [0.717, 1.165) is 70.6 Å². The van der Waals surface area contributed by atoms with Crippen LogP contribution in [0.1, 0.15) is 303 Å². The average molecular weight is 914 g/mol. The first kappa shape index (κ1) is 62.6. The molecule has 6 nitrogen and oxygen atoms in total. The van der Waals surface area contributed by atoms with Crippen molar-refractivity contribution in [3.63, 3.8) is 0 Å². The summed E-state index contributed by atoms with van der Waals surface area (Å²) in [6.07, 6.45) is 64.3. The van der Waals surface area contributed by atoms with Crippen LogP contribution in [0.25, 0.3) is 0 Å². The minimum absolute atomic E-state index is 0.0735. The van der Waals surface area contributed by atoms with Gasteiger partial charge in [-0.1, -0.05) is 243 Å². The molecule has 0 bridgehead atoms. The van der Waals surface area contributed by atoms with Crippen molar-refractivity contribution in [3.05, 3.63) is 36.5 Å². The number of hydrogen-bond donors (Lipinski definition) is 0. The summed E-state index contributed by atoms with van der Waals surface area (Å²) in [7, 11) is 0. The van der Waals surface area contributed by atoms with Gasteiger partial charge in [0, 0.05) is 19.3 Å². The van der Waals surface area contributed by atoms with Crippen molar-refractivity contribution in [1.29, 1.82) is 0 Å². The van der Waals surface area contributed by atoms with Gasteiger partial charge in [0.2, 0.25) is 0 Å². The molecule has 0 heterocycles. The van der Waals surface area contributed by atoms with E-state index in [4.69, 9.17) is 14.2 Å². The molecular formula is C59H108O6. The van der Waals surface area contributed by atoms with Crippen molar-refractivity contribution < 1.29 is 28.6 Å².